The average molecular weight is 1000 g/mol. The molecule has 0 radical (unpaired) electrons. The van der Waals surface area contributed by atoms with Crippen LogP contribution in [0.2, 0.25) is 0 Å². The molecule has 7 rings (SSSR count). The number of rotatable bonds is 16. The quantitative estimate of drug-likeness (QED) is 0.0589. The van der Waals surface area contributed by atoms with Crippen LogP contribution in [-0.4, -0.2) is 136 Å². The maximum absolute atomic E-state index is 14.0. The molecule has 0 spiro atoms. The lowest BCUT2D eigenvalue weighted by molar-refractivity contribution is 0.00778. The molecule has 4 amide bonds. The number of allylic oxidation sites excluding steroid dienone is 2. The fourth-order valence-electron chi connectivity index (χ4n) is 8.50. The Kier molecular flexibility index (Phi) is 15.6. The number of aryl methyl sites for hydroxylation is 4. The number of nitrogens with two attached hydrogens (primary N) is 1. The van der Waals surface area contributed by atoms with E-state index < -0.39 is 34.8 Å². The number of fused-ring (bicyclic) bond motifs is 2. The van der Waals surface area contributed by atoms with Crippen LogP contribution in [0.1, 0.15) is 102 Å². The number of ether oxygens (including phenoxy) is 4. The first-order valence-corrected chi connectivity index (χ1v) is 23.9. The largest absolute Gasteiger partial charge is 0.494 e. The maximum Gasteiger partial charge on any atom is 0.410 e. The number of methoxy groups -OCH3 is 2. The Bertz CT molecular complexity index is 3190. The van der Waals surface area contributed by atoms with Crippen molar-refractivity contribution in [1.29, 1.82) is 0 Å². The van der Waals surface area contributed by atoms with Gasteiger partial charge >= 0.3 is 12.1 Å². The maximum atomic E-state index is 14.0. The summed E-state index contributed by atoms with van der Waals surface area (Å²) in [5, 5.41) is 14.7. The summed E-state index contributed by atoms with van der Waals surface area (Å²) in [6, 6.07) is 9.50. The Morgan fingerprint density at radius 2 is 1.23 bits per heavy atom. The van der Waals surface area contributed by atoms with Gasteiger partial charge in [0.25, 0.3) is 11.8 Å². The lowest BCUT2D eigenvalue weighted by Crippen LogP contribution is -2.55. The minimum absolute atomic E-state index is 0.0867. The molecule has 1 fully saturated rings. The Morgan fingerprint density at radius 3 is 1.71 bits per heavy atom. The van der Waals surface area contributed by atoms with Crippen molar-refractivity contribution in [2.45, 2.75) is 99.6 Å². The Labute approximate surface area is 422 Å². The fraction of sp³-hybridized carbons (Fsp3) is 0.431. The van der Waals surface area contributed by atoms with E-state index in [1.54, 1.807) is 55.4 Å². The number of benzene rings is 2. The number of amides is 4. The molecule has 0 aliphatic carbocycles. The van der Waals surface area contributed by atoms with Gasteiger partial charge in [0, 0.05) is 57.9 Å². The van der Waals surface area contributed by atoms with Gasteiger partial charge in [-0.3, -0.25) is 39.3 Å². The third kappa shape index (κ3) is 11.8. The molecule has 2 aromatic carbocycles. The van der Waals surface area contributed by atoms with Crippen molar-refractivity contribution >= 4 is 63.7 Å². The van der Waals surface area contributed by atoms with Crippen molar-refractivity contribution in [3.05, 3.63) is 82.5 Å². The molecule has 1 saturated heterocycles. The van der Waals surface area contributed by atoms with Crippen molar-refractivity contribution < 1.29 is 42.9 Å². The van der Waals surface area contributed by atoms with E-state index in [0.29, 0.717) is 89.9 Å². The smallest absolute Gasteiger partial charge is 0.410 e. The first-order valence-electron chi connectivity index (χ1n) is 23.9. The number of primary amides is 1. The van der Waals surface area contributed by atoms with E-state index in [4.69, 9.17) is 34.6 Å². The number of nitrogens with one attached hydrogen (secondary N) is 2. The number of carbonyl (C=O) groups excluding carboxylic acids is 5. The second-order valence-electron chi connectivity index (χ2n) is 18.8. The van der Waals surface area contributed by atoms with Crippen molar-refractivity contribution in [3.63, 3.8) is 0 Å². The minimum atomic E-state index is -0.717. The molecule has 1 aliphatic rings. The van der Waals surface area contributed by atoms with Crippen LogP contribution in [0, 0.1) is 25.7 Å². The zero-order valence-electron chi connectivity index (χ0n) is 43.2. The molecule has 4 aromatic heterocycles. The van der Waals surface area contributed by atoms with Crippen molar-refractivity contribution in [2.24, 2.45) is 5.73 Å². The molecule has 73 heavy (non-hydrogen) atoms. The summed E-state index contributed by atoms with van der Waals surface area (Å²) < 4.78 is 29.3. The minimum Gasteiger partial charge on any atom is -0.494 e. The van der Waals surface area contributed by atoms with Crippen LogP contribution in [-0.2, 0) is 35.7 Å². The molecule has 0 atom stereocenters. The number of hydrogen-bond acceptors (Lipinski definition) is 14. The highest BCUT2D eigenvalue weighted by molar-refractivity contribution is 6.05. The number of carbonyl (C=O) groups is 5. The summed E-state index contributed by atoms with van der Waals surface area (Å²) >= 11 is 0. The number of piperazine rings is 1. The zero-order chi connectivity index (χ0) is 52.9. The van der Waals surface area contributed by atoms with Gasteiger partial charge in [-0.15, -0.1) is 0 Å². The van der Waals surface area contributed by atoms with Gasteiger partial charge in [0.05, 0.1) is 47.7 Å². The molecule has 386 valence electrons. The fourth-order valence-corrected chi connectivity index (χ4v) is 8.50. The van der Waals surface area contributed by atoms with E-state index in [2.05, 4.69) is 37.6 Å². The molecular formula is C51H63N13O9. The summed E-state index contributed by atoms with van der Waals surface area (Å²) in [7, 11) is 2.74. The first-order chi connectivity index (χ1) is 34.6. The average Bonchev–Trinajstić information content (AvgIpc) is 4.12. The number of esters is 1. The van der Waals surface area contributed by atoms with Gasteiger partial charge in [0.15, 0.2) is 0 Å². The SMILES string of the molecule is CCn1nc(C)cc1C(=O)Nc1nc2cc(C(=O)OC)cc(OC)c2n1C/C=C/Cn1c(NC(=O)c2cc(C)nn2CC)nc2cc(C(N)=O)cc(OCC#CC(C)(C)N3CCN(C(=O)OC(C)(C)C)CC3)c21. The van der Waals surface area contributed by atoms with Crippen LogP contribution < -0.4 is 25.8 Å². The topological polar surface area (TPSA) is 250 Å². The summed E-state index contributed by atoms with van der Waals surface area (Å²) in [5.41, 5.74) is 8.54. The van der Waals surface area contributed by atoms with E-state index in [9.17, 15) is 24.0 Å². The van der Waals surface area contributed by atoms with Crippen LogP contribution in [0.4, 0.5) is 16.7 Å². The van der Waals surface area contributed by atoms with Gasteiger partial charge in [-0.05, 0) is 98.7 Å². The third-order valence-corrected chi connectivity index (χ3v) is 12.0. The van der Waals surface area contributed by atoms with Gasteiger partial charge in [0.1, 0.15) is 46.1 Å². The van der Waals surface area contributed by atoms with Crippen LogP contribution in [0.3, 0.4) is 0 Å². The molecule has 0 saturated carbocycles. The molecule has 0 unspecified atom stereocenters. The van der Waals surface area contributed by atoms with Gasteiger partial charge < -0.3 is 38.7 Å². The lowest BCUT2D eigenvalue weighted by Gasteiger charge is -2.41. The molecule has 22 nitrogen and oxygen atoms in total. The van der Waals surface area contributed by atoms with Gasteiger partial charge in [-0.2, -0.15) is 10.2 Å². The Hall–Kier alpha value is -8.19. The first kappa shape index (κ1) is 52.6. The second kappa shape index (κ2) is 21.7. The van der Waals surface area contributed by atoms with Crippen LogP contribution in [0.5, 0.6) is 11.5 Å². The van der Waals surface area contributed by atoms with Crippen LogP contribution in [0.25, 0.3) is 22.1 Å². The highest BCUT2D eigenvalue weighted by Gasteiger charge is 2.32. The number of aromatic nitrogens is 8. The van der Waals surface area contributed by atoms with Gasteiger partial charge in [-0.25, -0.2) is 19.6 Å². The highest BCUT2D eigenvalue weighted by atomic mass is 16.6. The third-order valence-electron chi connectivity index (χ3n) is 12.0. The zero-order valence-corrected chi connectivity index (χ0v) is 43.2. The second-order valence-corrected chi connectivity index (χ2v) is 18.8. The molecule has 1 aliphatic heterocycles. The number of imidazole rings is 2. The normalized spacial score (nSPS) is 13.3. The van der Waals surface area contributed by atoms with Crippen molar-refractivity contribution in [1.82, 2.24) is 48.5 Å². The van der Waals surface area contributed by atoms with E-state index in [-0.39, 0.29) is 54.6 Å². The lowest BCUT2D eigenvalue weighted by atomic mass is 10.0. The van der Waals surface area contributed by atoms with Crippen LogP contribution >= 0.6 is 0 Å². The molecule has 4 N–H and O–H groups in total. The van der Waals surface area contributed by atoms with Crippen LogP contribution in [0.15, 0.2) is 48.6 Å². The van der Waals surface area contributed by atoms with E-state index in [1.807, 2.05) is 60.6 Å². The number of nitrogens with zero attached hydrogens (tertiary/aromatic N) is 10. The Balaban J connectivity index is 1.23. The molecule has 6 aromatic rings. The monoisotopic (exact) mass is 1000 g/mol. The number of hydrogen-bond donors (Lipinski definition) is 3. The summed E-state index contributed by atoms with van der Waals surface area (Å²) in [6.07, 6.45) is 3.31. The highest BCUT2D eigenvalue weighted by Crippen LogP contribution is 2.33. The Morgan fingerprint density at radius 1 is 0.726 bits per heavy atom. The summed E-state index contributed by atoms with van der Waals surface area (Å²) in [5.74, 6) is 5.08. The molecule has 5 heterocycles. The van der Waals surface area contributed by atoms with Gasteiger partial charge in [-0.1, -0.05) is 24.0 Å². The van der Waals surface area contributed by atoms with Crippen molar-refractivity contribution in [3.8, 4) is 23.3 Å². The van der Waals surface area contributed by atoms with Gasteiger partial charge in [0.2, 0.25) is 17.8 Å². The molecule has 22 heteroatoms. The van der Waals surface area contributed by atoms with E-state index >= 15 is 0 Å². The van der Waals surface area contributed by atoms with E-state index in [0.717, 1.165) is 0 Å². The van der Waals surface area contributed by atoms with E-state index in [1.165, 1.54) is 32.4 Å². The molecule has 0 bridgehead atoms. The summed E-state index contributed by atoms with van der Waals surface area (Å²) in [4.78, 5) is 79.4. The molecular weight excluding hydrogens is 939 g/mol. The standard InChI is InChI=1S/C51H63N13O9/c1-12-63-37(25-31(3)57-63)44(66)55-47-54-36-28-34(46(68)71-11)30-39(70-10)41(36)61(47)18-14-15-19-62-42-35(53-48(62)56-45(67)38-26-32(4)58-64(38)13-2)27-33(43(52)65)29-40(42)72-24-16-17-51(8,9)60-22-20-59(21-23-60)49(69)73-50(5,6)7/h14-15,25-30H,12-13,18-24H2,1-11H3,(H2,52,65)(H,53,56,67)(H,54,55,66)/b15-14+. The predicted molar refractivity (Wildman–Crippen MR) is 273 cm³/mol. The van der Waals surface area contributed by atoms with Crippen molar-refractivity contribution in [2.75, 3.05) is 57.6 Å². The summed E-state index contributed by atoms with van der Waals surface area (Å²) in [6.45, 7) is 20.1. The predicted octanol–water partition coefficient (Wildman–Crippen LogP) is 5.80. The number of anilines is 2.